The van der Waals surface area contributed by atoms with Crippen LogP contribution in [0.2, 0.25) is 5.15 Å². The quantitative estimate of drug-likeness (QED) is 0.926. The van der Waals surface area contributed by atoms with Crippen LogP contribution in [0, 0.1) is 0 Å². The molecule has 2 aromatic rings. The molecular weight excluding hydrogens is 297 g/mol. The molecule has 0 aliphatic carbocycles. The number of rotatable bonds is 2. The van der Waals surface area contributed by atoms with Crippen LogP contribution in [-0.2, 0) is 6.18 Å². The summed E-state index contributed by atoms with van der Waals surface area (Å²) in [5.41, 5.74) is -1.10. The van der Waals surface area contributed by atoms with Gasteiger partial charge >= 0.3 is 6.18 Å². The van der Waals surface area contributed by atoms with E-state index in [1.54, 1.807) is 0 Å². The van der Waals surface area contributed by atoms with Crippen LogP contribution in [0.4, 0.5) is 19.0 Å². The zero-order valence-electron chi connectivity index (χ0n) is 9.65. The zero-order valence-corrected chi connectivity index (χ0v) is 10.4. The van der Waals surface area contributed by atoms with Crippen molar-refractivity contribution in [2.45, 2.75) is 6.18 Å². The molecule has 2 heterocycles. The highest BCUT2D eigenvalue weighted by Gasteiger charge is 2.30. The lowest BCUT2D eigenvalue weighted by Gasteiger charge is -2.07. The summed E-state index contributed by atoms with van der Waals surface area (Å²) in [5.74, 6) is -0.587. The molecule has 0 fully saturated rings. The van der Waals surface area contributed by atoms with Crippen molar-refractivity contribution in [2.75, 3.05) is 5.32 Å². The molecule has 0 aromatic carbocycles. The van der Waals surface area contributed by atoms with Crippen LogP contribution in [-0.4, -0.2) is 21.1 Å². The summed E-state index contributed by atoms with van der Waals surface area (Å²) in [6.45, 7) is 0. The van der Waals surface area contributed by atoms with Gasteiger partial charge in [-0.15, -0.1) is 10.2 Å². The number of nitrogens with one attached hydrogen (secondary N) is 1. The highest BCUT2D eigenvalue weighted by Crippen LogP contribution is 2.28. The van der Waals surface area contributed by atoms with Gasteiger partial charge in [-0.2, -0.15) is 13.2 Å². The molecule has 9 heteroatoms. The number of hydrogen-bond donors (Lipinski definition) is 1. The van der Waals surface area contributed by atoms with Crippen molar-refractivity contribution in [1.29, 1.82) is 0 Å². The van der Waals surface area contributed by atoms with Gasteiger partial charge in [-0.25, -0.2) is 0 Å². The molecule has 104 valence electrons. The number of carbonyl (C=O) groups is 1. The molecule has 0 unspecified atom stereocenters. The number of hydrogen-bond acceptors (Lipinski definition) is 4. The highest BCUT2D eigenvalue weighted by molar-refractivity contribution is 6.29. The van der Waals surface area contributed by atoms with Gasteiger partial charge in [-0.1, -0.05) is 11.6 Å². The maximum atomic E-state index is 12.3. The number of pyridine rings is 1. The zero-order chi connectivity index (χ0) is 14.8. The van der Waals surface area contributed by atoms with Gasteiger partial charge in [0.1, 0.15) is 5.69 Å². The van der Waals surface area contributed by atoms with Crippen molar-refractivity contribution in [3.8, 4) is 0 Å². The first-order valence-electron chi connectivity index (χ1n) is 5.20. The molecule has 0 saturated heterocycles. The van der Waals surface area contributed by atoms with Gasteiger partial charge in [-0.3, -0.25) is 9.78 Å². The number of anilines is 1. The molecule has 0 aliphatic heterocycles. The largest absolute Gasteiger partial charge is 0.417 e. The van der Waals surface area contributed by atoms with Gasteiger partial charge in [-0.05, 0) is 24.3 Å². The monoisotopic (exact) mass is 302 g/mol. The second kappa shape index (κ2) is 5.41. The Balaban J connectivity index is 2.11. The molecule has 0 saturated carbocycles. The fourth-order valence-corrected chi connectivity index (χ4v) is 1.36. The molecular formula is C11H6ClF3N4O. The summed E-state index contributed by atoms with van der Waals surface area (Å²) >= 11 is 5.52. The Kier molecular flexibility index (Phi) is 3.84. The van der Waals surface area contributed by atoms with Crippen molar-refractivity contribution in [3.63, 3.8) is 0 Å². The standard InChI is InChI=1S/C11H6ClF3N4O/c12-8-3-4-9(19-18-8)17-10(20)7-2-1-6(5-16-7)11(13,14)15/h1-5H,(H,17,19,20). The van der Waals surface area contributed by atoms with Crippen LogP contribution in [0.15, 0.2) is 30.5 Å². The van der Waals surface area contributed by atoms with Gasteiger partial charge in [0.15, 0.2) is 11.0 Å². The van der Waals surface area contributed by atoms with Crippen LogP contribution in [0.1, 0.15) is 16.1 Å². The molecule has 20 heavy (non-hydrogen) atoms. The first-order valence-corrected chi connectivity index (χ1v) is 5.58. The molecule has 1 N–H and O–H groups in total. The maximum absolute atomic E-state index is 12.3. The summed E-state index contributed by atoms with van der Waals surface area (Å²) in [6, 6.07) is 4.55. The fourth-order valence-electron chi connectivity index (χ4n) is 1.26. The van der Waals surface area contributed by atoms with Crippen molar-refractivity contribution < 1.29 is 18.0 Å². The van der Waals surface area contributed by atoms with E-state index >= 15 is 0 Å². The van der Waals surface area contributed by atoms with Gasteiger partial charge in [0.2, 0.25) is 0 Å². The van der Waals surface area contributed by atoms with E-state index in [0.717, 1.165) is 12.1 Å². The second-order valence-electron chi connectivity index (χ2n) is 3.63. The molecule has 1 amide bonds. The van der Waals surface area contributed by atoms with E-state index in [9.17, 15) is 18.0 Å². The van der Waals surface area contributed by atoms with Crippen LogP contribution < -0.4 is 5.32 Å². The summed E-state index contributed by atoms with van der Waals surface area (Å²) in [7, 11) is 0. The number of carbonyl (C=O) groups excluding carboxylic acids is 1. The first kappa shape index (κ1) is 14.2. The normalized spacial score (nSPS) is 11.2. The Morgan fingerprint density at radius 1 is 1.15 bits per heavy atom. The minimum absolute atomic E-state index is 0.112. The third-order valence-corrected chi connectivity index (χ3v) is 2.40. The average molecular weight is 303 g/mol. The van der Waals surface area contributed by atoms with Crippen LogP contribution in [0.5, 0.6) is 0 Å². The van der Waals surface area contributed by atoms with Crippen molar-refractivity contribution >= 4 is 23.3 Å². The maximum Gasteiger partial charge on any atom is 0.417 e. The molecule has 2 rings (SSSR count). The molecule has 0 radical (unpaired) electrons. The Hall–Kier alpha value is -2.22. The van der Waals surface area contributed by atoms with Crippen molar-refractivity contribution in [2.24, 2.45) is 0 Å². The lowest BCUT2D eigenvalue weighted by atomic mass is 10.2. The van der Waals surface area contributed by atoms with Gasteiger partial charge in [0.05, 0.1) is 5.56 Å². The minimum Gasteiger partial charge on any atom is -0.304 e. The molecule has 0 bridgehead atoms. The molecule has 0 spiro atoms. The third kappa shape index (κ3) is 3.41. The predicted octanol–water partition coefficient (Wildman–Crippen LogP) is 2.80. The average Bonchev–Trinajstić information content (AvgIpc) is 2.40. The van der Waals surface area contributed by atoms with E-state index in [1.807, 2.05) is 0 Å². The van der Waals surface area contributed by atoms with Crippen LogP contribution >= 0.6 is 11.6 Å². The van der Waals surface area contributed by atoms with E-state index in [4.69, 9.17) is 11.6 Å². The Bertz CT molecular complexity index is 613. The first-order chi connectivity index (χ1) is 9.36. The second-order valence-corrected chi connectivity index (χ2v) is 4.01. The molecule has 0 atom stereocenters. The Morgan fingerprint density at radius 3 is 2.40 bits per heavy atom. The molecule has 2 aromatic heterocycles. The van der Waals surface area contributed by atoms with Gasteiger partial charge in [0, 0.05) is 6.20 Å². The summed E-state index contributed by atoms with van der Waals surface area (Å²) in [5, 5.41) is 9.56. The minimum atomic E-state index is -4.50. The Morgan fingerprint density at radius 2 is 1.90 bits per heavy atom. The van der Waals surface area contributed by atoms with E-state index in [2.05, 4.69) is 20.5 Å². The van der Waals surface area contributed by atoms with E-state index < -0.39 is 17.6 Å². The SMILES string of the molecule is O=C(Nc1ccc(Cl)nn1)c1ccc(C(F)(F)F)cn1. The lowest BCUT2D eigenvalue weighted by Crippen LogP contribution is -2.15. The summed E-state index contributed by atoms with van der Waals surface area (Å²) < 4.78 is 37.0. The van der Waals surface area contributed by atoms with Crippen LogP contribution in [0.25, 0.3) is 0 Å². The van der Waals surface area contributed by atoms with E-state index in [-0.39, 0.29) is 16.7 Å². The van der Waals surface area contributed by atoms with E-state index in [1.165, 1.54) is 12.1 Å². The summed E-state index contributed by atoms with van der Waals surface area (Å²) in [6.07, 6.45) is -3.91. The van der Waals surface area contributed by atoms with Gasteiger partial charge < -0.3 is 5.32 Å². The van der Waals surface area contributed by atoms with Crippen molar-refractivity contribution in [3.05, 3.63) is 46.9 Å². The third-order valence-electron chi connectivity index (χ3n) is 2.20. The number of alkyl halides is 3. The van der Waals surface area contributed by atoms with Crippen LogP contribution in [0.3, 0.4) is 0 Å². The number of aromatic nitrogens is 3. The lowest BCUT2D eigenvalue weighted by molar-refractivity contribution is -0.137. The van der Waals surface area contributed by atoms with Crippen molar-refractivity contribution in [1.82, 2.24) is 15.2 Å². The number of nitrogens with zero attached hydrogens (tertiary/aromatic N) is 3. The topological polar surface area (TPSA) is 67.8 Å². The van der Waals surface area contributed by atoms with E-state index in [0.29, 0.717) is 6.20 Å². The smallest absolute Gasteiger partial charge is 0.304 e. The molecule has 5 nitrogen and oxygen atoms in total. The highest BCUT2D eigenvalue weighted by atomic mass is 35.5. The number of amides is 1. The Labute approximate surface area is 115 Å². The molecule has 0 aliphatic rings. The summed E-state index contributed by atoms with van der Waals surface area (Å²) in [4.78, 5) is 15.2. The number of halogens is 4. The fraction of sp³-hybridized carbons (Fsp3) is 0.0909. The van der Waals surface area contributed by atoms with Gasteiger partial charge in [0.25, 0.3) is 5.91 Å². The predicted molar refractivity (Wildman–Crippen MR) is 64.2 cm³/mol.